The Morgan fingerprint density at radius 1 is 0.902 bits per heavy atom. The molecule has 0 radical (unpaired) electrons. The van der Waals surface area contributed by atoms with Gasteiger partial charge in [0, 0.05) is 37.3 Å². The Labute approximate surface area is 243 Å². The van der Waals surface area contributed by atoms with Crippen molar-refractivity contribution in [1.29, 1.82) is 0 Å². The average molecular weight is 574 g/mol. The molecule has 4 aromatic rings. The monoisotopic (exact) mass is 573 g/mol. The summed E-state index contributed by atoms with van der Waals surface area (Å²) in [7, 11) is -3.59. The van der Waals surface area contributed by atoms with Crippen molar-refractivity contribution in [3.8, 4) is 5.75 Å². The Bertz CT molecular complexity index is 1580. The van der Waals surface area contributed by atoms with Gasteiger partial charge in [0.05, 0.1) is 23.1 Å². The highest BCUT2D eigenvalue weighted by atomic mass is 32.2. The van der Waals surface area contributed by atoms with Crippen LogP contribution in [0, 0.1) is 13.8 Å². The van der Waals surface area contributed by atoms with Crippen molar-refractivity contribution in [2.75, 3.05) is 38.1 Å². The second-order valence-corrected chi connectivity index (χ2v) is 12.6. The van der Waals surface area contributed by atoms with Crippen molar-refractivity contribution in [2.24, 2.45) is 0 Å². The van der Waals surface area contributed by atoms with Crippen molar-refractivity contribution in [2.45, 2.75) is 51.5 Å². The zero-order valence-corrected chi connectivity index (χ0v) is 25.1. The van der Waals surface area contributed by atoms with Crippen molar-refractivity contribution in [3.05, 3.63) is 83.7 Å². The van der Waals surface area contributed by atoms with Crippen molar-refractivity contribution >= 4 is 32.4 Å². The highest BCUT2D eigenvalue weighted by molar-refractivity contribution is 7.89. The molecule has 0 aliphatic carbocycles. The zero-order chi connectivity index (χ0) is 29.0. The molecule has 0 spiro atoms. The number of fused-ring (bicyclic) bond motifs is 1. The Morgan fingerprint density at radius 2 is 1.59 bits per heavy atom. The first-order chi connectivity index (χ1) is 19.8. The van der Waals surface area contributed by atoms with Gasteiger partial charge in [-0.2, -0.15) is 4.31 Å². The normalized spacial score (nSPS) is 15.6. The molecule has 9 heteroatoms. The number of ether oxygens (including phenoxy) is 1. The lowest BCUT2D eigenvalue weighted by molar-refractivity contribution is 0.141. The summed E-state index contributed by atoms with van der Waals surface area (Å²) in [6.07, 6.45) is 2.02. The van der Waals surface area contributed by atoms with E-state index in [0.717, 1.165) is 46.4 Å². The van der Waals surface area contributed by atoms with E-state index in [0.29, 0.717) is 49.3 Å². The van der Waals surface area contributed by atoms with Gasteiger partial charge in [0.2, 0.25) is 10.0 Å². The predicted octanol–water partition coefficient (Wildman–Crippen LogP) is 6.24. The predicted molar refractivity (Wildman–Crippen MR) is 164 cm³/mol. The quantitative estimate of drug-likeness (QED) is 0.225. The van der Waals surface area contributed by atoms with E-state index in [1.54, 1.807) is 28.6 Å². The van der Waals surface area contributed by atoms with Gasteiger partial charge < -0.3 is 10.1 Å². The van der Waals surface area contributed by atoms with Gasteiger partial charge in [-0.3, -0.25) is 4.90 Å². The van der Waals surface area contributed by atoms with Crippen LogP contribution in [0.1, 0.15) is 49.7 Å². The lowest BCUT2D eigenvalue weighted by Gasteiger charge is -2.37. The number of hydrogen-bond acceptors (Lipinski definition) is 7. The summed E-state index contributed by atoms with van der Waals surface area (Å²) < 4.78 is 34.0. The maximum absolute atomic E-state index is 13.4. The highest BCUT2D eigenvalue weighted by Gasteiger charge is 2.31. The summed E-state index contributed by atoms with van der Waals surface area (Å²) in [5, 5.41) is 4.54. The SMILES string of the molecule is CCCCOc1ccc(S(=O)(=O)N2CCN([C@@H](C)c3nc(Nc4c(C)cccc4C)c4ccccc4n3)CC2)cc1. The van der Waals surface area contributed by atoms with Crippen LogP contribution in [-0.4, -0.2) is 60.4 Å². The fourth-order valence-corrected chi connectivity index (χ4v) is 6.61. The second-order valence-electron chi connectivity index (χ2n) is 10.6. The lowest BCUT2D eigenvalue weighted by Crippen LogP contribution is -2.49. The summed E-state index contributed by atoms with van der Waals surface area (Å²) in [4.78, 5) is 12.5. The summed E-state index contributed by atoms with van der Waals surface area (Å²) >= 11 is 0. The highest BCUT2D eigenvalue weighted by Crippen LogP contribution is 2.31. The first-order valence-electron chi connectivity index (χ1n) is 14.3. The van der Waals surface area contributed by atoms with Gasteiger partial charge >= 0.3 is 0 Å². The molecule has 1 fully saturated rings. The number of hydrogen-bond donors (Lipinski definition) is 1. The van der Waals surface area contributed by atoms with Gasteiger partial charge in [-0.25, -0.2) is 18.4 Å². The maximum atomic E-state index is 13.4. The van der Waals surface area contributed by atoms with Gasteiger partial charge in [0.15, 0.2) is 0 Å². The van der Waals surface area contributed by atoms with Gasteiger partial charge in [-0.15, -0.1) is 0 Å². The van der Waals surface area contributed by atoms with Crippen LogP contribution in [0.4, 0.5) is 11.5 Å². The Morgan fingerprint density at radius 3 is 2.27 bits per heavy atom. The number of sulfonamides is 1. The van der Waals surface area contributed by atoms with Crippen LogP contribution in [0.2, 0.25) is 0 Å². The van der Waals surface area contributed by atoms with E-state index < -0.39 is 10.0 Å². The zero-order valence-electron chi connectivity index (χ0n) is 24.3. The molecule has 0 amide bonds. The molecule has 1 aliphatic rings. The number of piperazine rings is 1. The van der Waals surface area contributed by atoms with E-state index in [-0.39, 0.29) is 6.04 Å². The van der Waals surface area contributed by atoms with E-state index in [1.165, 1.54) is 0 Å². The van der Waals surface area contributed by atoms with Crippen LogP contribution >= 0.6 is 0 Å². The molecule has 8 nitrogen and oxygen atoms in total. The number of anilines is 2. The number of aromatic nitrogens is 2. The van der Waals surface area contributed by atoms with Crippen LogP contribution in [0.15, 0.2) is 71.6 Å². The number of rotatable bonds is 10. The van der Waals surface area contributed by atoms with Gasteiger partial charge in [-0.05, 0) is 74.7 Å². The first kappa shape index (κ1) is 29.0. The standard InChI is InChI=1S/C32H39N5O3S/c1-5-6-22-40-26-14-16-27(17-15-26)41(38,39)37-20-18-36(19-21-37)25(4)31-33-29-13-8-7-12-28(29)32(35-31)34-30-23(2)10-9-11-24(30)3/h7-17,25H,5-6,18-22H2,1-4H3,(H,33,34,35)/t25-/m0/s1. The fraction of sp³-hybridized carbons (Fsp3) is 0.375. The number of nitrogens with zero attached hydrogens (tertiary/aromatic N) is 4. The Balaban J connectivity index is 1.30. The maximum Gasteiger partial charge on any atom is 0.243 e. The van der Waals surface area contributed by atoms with Crippen LogP contribution in [-0.2, 0) is 10.0 Å². The van der Waals surface area contributed by atoms with Crippen molar-refractivity contribution in [1.82, 2.24) is 19.2 Å². The third-order valence-electron chi connectivity index (χ3n) is 7.77. The van der Waals surface area contributed by atoms with E-state index in [2.05, 4.69) is 56.1 Å². The molecule has 0 unspecified atom stereocenters. The third kappa shape index (κ3) is 6.37. The number of para-hydroxylation sites is 2. The van der Waals surface area contributed by atoms with Gasteiger partial charge in [0.25, 0.3) is 0 Å². The molecular formula is C32H39N5O3S. The van der Waals surface area contributed by atoms with E-state index in [9.17, 15) is 8.42 Å². The third-order valence-corrected chi connectivity index (χ3v) is 9.68. The molecule has 1 aromatic heterocycles. The molecule has 5 rings (SSSR count). The van der Waals surface area contributed by atoms with E-state index in [4.69, 9.17) is 14.7 Å². The Kier molecular flexibility index (Phi) is 8.87. The van der Waals surface area contributed by atoms with Crippen LogP contribution in [0.5, 0.6) is 5.75 Å². The molecular weight excluding hydrogens is 534 g/mol. The van der Waals surface area contributed by atoms with E-state index >= 15 is 0 Å². The second kappa shape index (κ2) is 12.5. The summed E-state index contributed by atoms with van der Waals surface area (Å²) in [6.45, 7) is 11.0. The topological polar surface area (TPSA) is 87.7 Å². The number of nitrogens with one attached hydrogen (secondary N) is 1. The minimum Gasteiger partial charge on any atom is -0.494 e. The Hall–Kier alpha value is -3.53. The number of unbranched alkanes of at least 4 members (excludes halogenated alkanes) is 1. The molecule has 0 bridgehead atoms. The molecule has 41 heavy (non-hydrogen) atoms. The van der Waals surface area contributed by atoms with Gasteiger partial charge in [0.1, 0.15) is 17.4 Å². The molecule has 216 valence electrons. The summed E-state index contributed by atoms with van der Waals surface area (Å²) in [6, 6.07) is 20.9. The molecule has 0 saturated carbocycles. The minimum atomic E-state index is -3.59. The molecule has 1 saturated heterocycles. The van der Waals surface area contributed by atoms with Crippen LogP contribution in [0.25, 0.3) is 10.9 Å². The number of benzene rings is 3. The van der Waals surface area contributed by atoms with Crippen LogP contribution in [0.3, 0.4) is 0 Å². The first-order valence-corrected chi connectivity index (χ1v) is 15.8. The number of aryl methyl sites for hydroxylation is 2. The average Bonchev–Trinajstić information content (AvgIpc) is 2.99. The molecule has 1 atom stereocenters. The smallest absolute Gasteiger partial charge is 0.243 e. The summed E-state index contributed by atoms with van der Waals surface area (Å²) in [5.41, 5.74) is 4.23. The summed E-state index contributed by atoms with van der Waals surface area (Å²) in [5.74, 6) is 2.18. The molecule has 2 heterocycles. The molecule has 1 N–H and O–H groups in total. The minimum absolute atomic E-state index is 0.0810. The molecule has 3 aromatic carbocycles. The van der Waals surface area contributed by atoms with Crippen molar-refractivity contribution < 1.29 is 13.2 Å². The van der Waals surface area contributed by atoms with Crippen LogP contribution < -0.4 is 10.1 Å². The van der Waals surface area contributed by atoms with E-state index in [1.807, 2.05) is 24.3 Å². The molecule has 1 aliphatic heterocycles. The fourth-order valence-electron chi connectivity index (χ4n) is 5.19. The largest absolute Gasteiger partial charge is 0.494 e. The lowest BCUT2D eigenvalue weighted by atomic mass is 10.1. The van der Waals surface area contributed by atoms with Crippen molar-refractivity contribution in [3.63, 3.8) is 0 Å². The van der Waals surface area contributed by atoms with Gasteiger partial charge in [-0.1, -0.05) is 43.7 Å².